The van der Waals surface area contributed by atoms with Gasteiger partial charge in [-0.25, -0.2) is 0 Å². The number of unbranched alkanes of at least 4 members (excludes halogenated alkanes) is 6. The number of hydrogen-bond acceptors (Lipinski definition) is 27. The van der Waals surface area contributed by atoms with Crippen molar-refractivity contribution in [3.63, 3.8) is 0 Å². The van der Waals surface area contributed by atoms with E-state index >= 15 is 26.3 Å². The third-order valence-electron chi connectivity index (χ3n) is 18.6. The van der Waals surface area contributed by atoms with Crippen molar-refractivity contribution in [1.82, 2.24) is 0 Å². The molecule has 0 radical (unpaired) electrons. The zero-order valence-electron chi connectivity index (χ0n) is 84.7. The van der Waals surface area contributed by atoms with E-state index in [4.69, 9.17) is 128 Å². The molecule has 4 aromatic rings. The van der Waals surface area contributed by atoms with Crippen LogP contribution in [0.3, 0.4) is 0 Å². The van der Waals surface area contributed by atoms with Gasteiger partial charge in [-0.1, -0.05) is 154 Å². The van der Waals surface area contributed by atoms with Crippen molar-refractivity contribution in [3.8, 4) is 126 Å². The number of methoxy groups -OCH3 is 2. The molecule has 4 aromatic carbocycles. The summed E-state index contributed by atoms with van der Waals surface area (Å²) in [4.78, 5) is 14.8. The Balaban J connectivity index is 3.05. The fourth-order valence-corrected chi connectivity index (χ4v) is 12.2. The van der Waals surface area contributed by atoms with E-state index in [1.165, 1.54) is 13.8 Å². The van der Waals surface area contributed by atoms with Crippen molar-refractivity contribution in [2.75, 3.05) is 93.5 Å². The number of hydrogen-bond donors (Lipinski definition) is 0. The van der Waals surface area contributed by atoms with E-state index in [0.29, 0.717) is 77.0 Å². The molecule has 0 N–H and O–H groups in total. The third-order valence-corrected chi connectivity index (χ3v) is 18.6. The Labute approximate surface area is 777 Å². The first kappa shape index (κ1) is 115. The summed E-state index contributed by atoms with van der Waals surface area (Å²) in [6, 6.07) is 0. The van der Waals surface area contributed by atoms with Gasteiger partial charge in [0.15, 0.2) is 23.0 Å². The Morgan fingerprint density at radius 3 is 0.809 bits per heavy atom. The van der Waals surface area contributed by atoms with E-state index in [9.17, 15) is 0 Å². The SMILES string of the molecule is CCCCCOc1c(OC(C)(C)C)c(OC(C)CC)c(OCC(C)C)c(OCCCC)c1C(OCCC(C)C)(OOOC(OCCC(C)C)(Oc1c(OC)c(OC(F)(F)F)c(OCC)c(OCCC)c1OC(C)C)c1c(OCCCC)c(OCC(C)C)c(OC(C)CC)c(OC(C)(C)C)c1OCCCCC)Oc1c(OC)c(OC(F)(F)F)c(OCC)c(OCCC)c1OC(C)C. The second-order valence-electron chi connectivity index (χ2n) is 36.0. The molecular formula is C98H160F6O27. The Morgan fingerprint density at radius 1 is 0.260 bits per heavy atom. The average molecular weight is 1880 g/mol. The molecule has 0 bridgehead atoms. The minimum absolute atomic E-state index is 0.0417. The monoisotopic (exact) mass is 1880 g/mol. The van der Waals surface area contributed by atoms with Gasteiger partial charge in [0.25, 0.3) is 0 Å². The van der Waals surface area contributed by atoms with Crippen molar-refractivity contribution in [2.45, 2.75) is 371 Å². The Kier molecular flexibility index (Phi) is 48.9. The first-order valence-electron chi connectivity index (χ1n) is 47.3. The van der Waals surface area contributed by atoms with Gasteiger partial charge in [0.2, 0.25) is 103 Å². The van der Waals surface area contributed by atoms with Gasteiger partial charge in [-0.05, 0) is 185 Å². The Bertz CT molecular complexity index is 3720. The summed E-state index contributed by atoms with van der Waals surface area (Å²) < 4.78 is 261. The molecule has 756 valence electrons. The van der Waals surface area contributed by atoms with Gasteiger partial charge in [0.1, 0.15) is 22.3 Å². The molecule has 27 nitrogen and oxygen atoms in total. The molecule has 0 aliphatic heterocycles. The van der Waals surface area contributed by atoms with Gasteiger partial charge in [-0.15, -0.1) is 36.1 Å². The molecule has 0 heterocycles. The summed E-state index contributed by atoms with van der Waals surface area (Å²) in [5.41, 5.74) is -3.42. The maximum Gasteiger partial charge on any atom is 0.573 e. The van der Waals surface area contributed by atoms with Crippen LogP contribution in [0, 0.1) is 23.7 Å². The maximum atomic E-state index is 15.9. The second-order valence-corrected chi connectivity index (χ2v) is 36.0. The van der Waals surface area contributed by atoms with Crippen LogP contribution in [0.25, 0.3) is 0 Å². The molecule has 0 amide bonds. The minimum Gasteiger partial charge on any atom is -0.490 e. The third kappa shape index (κ3) is 35.6. The molecule has 0 saturated heterocycles. The highest BCUT2D eigenvalue weighted by Crippen LogP contribution is 2.67. The minimum atomic E-state index is -5.54. The van der Waals surface area contributed by atoms with Crippen LogP contribution in [0.2, 0.25) is 0 Å². The largest absolute Gasteiger partial charge is 0.573 e. The number of halogens is 6. The highest BCUT2D eigenvalue weighted by atomic mass is 19.4. The number of alkyl halides is 6. The van der Waals surface area contributed by atoms with Crippen LogP contribution in [0.15, 0.2) is 0 Å². The first-order valence-corrected chi connectivity index (χ1v) is 47.3. The van der Waals surface area contributed by atoms with Crippen molar-refractivity contribution < 1.29 is 155 Å². The summed E-state index contributed by atoms with van der Waals surface area (Å²) in [6.45, 7) is 52.0. The van der Waals surface area contributed by atoms with Crippen LogP contribution in [0.1, 0.15) is 322 Å². The van der Waals surface area contributed by atoms with E-state index in [-0.39, 0.29) is 173 Å². The Hall–Kier alpha value is -8.14. The van der Waals surface area contributed by atoms with Crippen LogP contribution < -0.4 is 104 Å². The van der Waals surface area contributed by atoms with Crippen LogP contribution >= 0.6 is 0 Å². The lowest BCUT2D eigenvalue weighted by Crippen LogP contribution is -2.45. The first-order chi connectivity index (χ1) is 61.7. The fraction of sp³-hybridized carbons (Fsp3) is 0.755. The summed E-state index contributed by atoms with van der Waals surface area (Å²) in [6.07, 6.45) is -7.55. The zero-order valence-corrected chi connectivity index (χ0v) is 84.7. The highest BCUT2D eigenvalue weighted by Gasteiger charge is 2.58. The van der Waals surface area contributed by atoms with E-state index in [2.05, 4.69) is 0 Å². The molecule has 4 unspecified atom stereocenters. The van der Waals surface area contributed by atoms with Gasteiger partial charge >= 0.3 is 24.7 Å². The number of ether oxygens (including phenoxy) is 24. The molecular weight excluding hydrogens is 1720 g/mol. The fourth-order valence-electron chi connectivity index (χ4n) is 12.2. The second kappa shape index (κ2) is 55.6. The average Bonchev–Trinajstić information content (AvgIpc) is 0.723. The quantitative estimate of drug-likeness (QED) is 0.0131. The molecule has 0 saturated carbocycles. The maximum absolute atomic E-state index is 15.9. The van der Waals surface area contributed by atoms with Gasteiger partial charge in [0.05, 0.1) is 118 Å². The van der Waals surface area contributed by atoms with E-state index in [0.717, 1.165) is 14.2 Å². The van der Waals surface area contributed by atoms with Gasteiger partial charge in [-0.2, -0.15) is 0 Å². The lowest BCUT2D eigenvalue weighted by molar-refractivity contribution is -0.663. The normalized spacial score (nSPS) is 13.5. The summed E-state index contributed by atoms with van der Waals surface area (Å²) in [5, 5.41) is 6.95. The topological polar surface area (TPSA) is 249 Å². The van der Waals surface area contributed by atoms with Crippen molar-refractivity contribution in [1.29, 1.82) is 0 Å². The van der Waals surface area contributed by atoms with Crippen LogP contribution in [0.5, 0.6) is 126 Å². The molecule has 131 heavy (non-hydrogen) atoms. The Morgan fingerprint density at radius 2 is 0.542 bits per heavy atom. The van der Waals surface area contributed by atoms with Crippen LogP contribution in [-0.4, -0.2) is 142 Å². The smallest absolute Gasteiger partial charge is 0.490 e. The van der Waals surface area contributed by atoms with Crippen LogP contribution in [0.4, 0.5) is 26.3 Å². The highest BCUT2D eigenvalue weighted by molar-refractivity contribution is 5.77. The van der Waals surface area contributed by atoms with Crippen molar-refractivity contribution >= 4 is 0 Å². The summed E-state index contributed by atoms with van der Waals surface area (Å²) in [5.74, 6) is -19.0. The molecule has 0 aliphatic rings. The number of rotatable bonds is 68. The molecule has 0 aliphatic carbocycles. The lowest BCUT2D eigenvalue weighted by atomic mass is 10.0. The molecule has 4 rings (SSSR count). The van der Waals surface area contributed by atoms with Crippen LogP contribution in [-0.2, 0) is 36.2 Å². The van der Waals surface area contributed by atoms with Gasteiger partial charge in [-0.3, -0.25) is 0 Å². The zero-order chi connectivity index (χ0) is 98.4. The molecule has 0 aromatic heterocycles. The molecule has 0 spiro atoms. The lowest BCUT2D eigenvalue weighted by Gasteiger charge is -2.39. The van der Waals surface area contributed by atoms with Crippen molar-refractivity contribution in [3.05, 3.63) is 11.1 Å². The predicted molar refractivity (Wildman–Crippen MR) is 489 cm³/mol. The summed E-state index contributed by atoms with van der Waals surface area (Å²) in [7, 11) is 2.11. The van der Waals surface area contributed by atoms with E-state index in [1.54, 1.807) is 83.1 Å². The molecule has 33 heteroatoms. The van der Waals surface area contributed by atoms with E-state index in [1.807, 2.05) is 111 Å². The molecule has 4 atom stereocenters. The number of benzene rings is 4. The van der Waals surface area contributed by atoms with E-state index < -0.39 is 154 Å². The van der Waals surface area contributed by atoms with Crippen molar-refractivity contribution in [2.24, 2.45) is 23.7 Å². The van der Waals surface area contributed by atoms with Gasteiger partial charge in [0, 0.05) is 0 Å². The standard InChI is InChI=1S/C98H160F6O27/c1-33-43-47-55-113-73-69(71(111-53-45-35-3)77(115-59-63(15)16)85(121-67(23)39-7)87(73)123-93(25,26)27)95(117-57-49-61(11)12,125-91-75(105-31)89(127-97(99,100)101)81(107-41-9)79(109-51-37-5)83(91)119-65(19)20)129-131-130-96(118-58-50-62(13)14,126-92-76(106-32)90(128-98(102,103)104)82(108-42-10)80(110-52-38-6)84(92)120-66(21)22)70-72(112-54-46-36-4)78(116-60-64(17)18)86(122-68(24)40-8)88(124-94(28,29)30)74(70)114-56-48-44-34-2/h61-68H,33-60H2,1-32H3. The molecule has 0 fully saturated rings. The predicted octanol–water partition coefficient (Wildman–Crippen LogP) is 26.8. The van der Waals surface area contributed by atoms with Gasteiger partial charge < -0.3 is 114 Å². The summed E-state index contributed by atoms with van der Waals surface area (Å²) >= 11 is 0.